The molecule has 112 valence electrons. The third-order valence-electron chi connectivity index (χ3n) is 2.03. The van der Waals surface area contributed by atoms with Crippen LogP contribution in [0.25, 0.3) is 0 Å². The molecule has 0 unspecified atom stereocenters. The Bertz CT molecular complexity index is 607. The van der Waals surface area contributed by atoms with Gasteiger partial charge in [0.2, 0.25) is 0 Å². The van der Waals surface area contributed by atoms with E-state index in [1.54, 1.807) is 26.8 Å². The van der Waals surface area contributed by atoms with Gasteiger partial charge in [-0.3, -0.25) is 0 Å². The lowest BCUT2D eigenvalue weighted by atomic mass is 10.2. The van der Waals surface area contributed by atoms with Crippen molar-refractivity contribution in [2.24, 2.45) is 0 Å². The maximum absolute atomic E-state index is 12.1. The monoisotopic (exact) mass is 365 g/mol. The molecule has 0 saturated heterocycles. The molecule has 8 heteroatoms. The molecule has 1 aromatic carbocycles. The van der Waals surface area contributed by atoms with Gasteiger partial charge >= 0.3 is 6.09 Å². The number of carbonyl (C=O) groups excluding carboxylic acids is 1. The van der Waals surface area contributed by atoms with Crippen molar-refractivity contribution in [2.75, 3.05) is 7.11 Å². The van der Waals surface area contributed by atoms with Gasteiger partial charge in [-0.25, -0.2) is 17.9 Å². The van der Waals surface area contributed by atoms with Gasteiger partial charge in [-0.05, 0) is 39.0 Å². The second-order valence-electron chi connectivity index (χ2n) is 4.90. The van der Waals surface area contributed by atoms with E-state index >= 15 is 0 Å². The zero-order valence-corrected chi connectivity index (χ0v) is 14.0. The van der Waals surface area contributed by atoms with E-state index in [1.165, 1.54) is 19.2 Å². The van der Waals surface area contributed by atoms with E-state index in [0.717, 1.165) is 0 Å². The summed E-state index contributed by atoms with van der Waals surface area (Å²) in [7, 11) is -2.73. The number of amides is 1. The summed E-state index contributed by atoms with van der Waals surface area (Å²) < 4.78 is 36.6. The predicted molar refractivity (Wildman–Crippen MR) is 77.2 cm³/mol. The van der Waals surface area contributed by atoms with E-state index in [9.17, 15) is 13.2 Å². The molecule has 0 atom stereocenters. The summed E-state index contributed by atoms with van der Waals surface area (Å²) in [5.41, 5.74) is -0.791. The Balaban J connectivity index is 3.06. The van der Waals surface area contributed by atoms with Gasteiger partial charge in [-0.2, -0.15) is 0 Å². The Morgan fingerprint density at radius 3 is 2.40 bits per heavy atom. The predicted octanol–water partition coefficient (Wildman–Crippen LogP) is 2.67. The second kappa shape index (κ2) is 6.01. The van der Waals surface area contributed by atoms with Crippen LogP contribution >= 0.6 is 15.9 Å². The standard InChI is InChI=1S/C12H16BrNO5S/c1-12(2,3)19-11(15)14-20(16,17)10-7-8(13)5-6-9(10)18-4/h5-7H,1-4H3,(H,14,15). The summed E-state index contributed by atoms with van der Waals surface area (Å²) in [6.45, 7) is 4.91. The fourth-order valence-corrected chi connectivity index (χ4v) is 2.91. The van der Waals surface area contributed by atoms with Crippen molar-refractivity contribution in [1.82, 2.24) is 4.72 Å². The number of methoxy groups -OCH3 is 1. The van der Waals surface area contributed by atoms with Gasteiger partial charge in [0, 0.05) is 4.47 Å². The summed E-state index contributed by atoms with van der Waals surface area (Å²) in [6, 6.07) is 4.45. The highest BCUT2D eigenvalue weighted by Crippen LogP contribution is 2.27. The van der Waals surface area contributed by atoms with Crippen LogP contribution in [-0.2, 0) is 14.8 Å². The van der Waals surface area contributed by atoms with E-state index in [-0.39, 0.29) is 10.6 Å². The number of carbonyl (C=O) groups is 1. The third kappa shape index (κ3) is 4.68. The minimum Gasteiger partial charge on any atom is -0.495 e. The van der Waals surface area contributed by atoms with Crippen LogP contribution in [0.3, 0.4) is 0 Å². The molecule has 0 aliphatic rings. The van der Waals surface area contributed by atoms with Crippen LogP contribution in [0.1, 0.15) is 20.8 Å². The first-order chi connectivity index (χ1) is 9.05. The zero-order chi connectivity index (χ0) is 15.6. The quantitative estimate of drug-likeness (QED) is 0.890. The lowest BCUT2D eigenvalue weighted by Crippen LogP contribution is -2.36. The number of hydrogen-bond donors (Lipinski definition) is 1. The Labute approximate surface area is 126 Å². The van der Waals surface area contributed by atoms with Crippen LogP contribution in [0, 0.1) is 0 Å². The normalized spacial score (nSPS) is 11.8. The van der Waals surface area contributed by atoms with E-state index in [2.05, 4.69) is 15.9 Å². The number of ether oxygens (including phenoxy) is 2. The second-order valence-corrected chi connectivity index (χ2v) is 7.47. The first-order valence-corrected chi connectivity index (χ1v) is 7.92. The SMILES string of the molecule is COc1ccc(Br)cc1S(=O)(=O)NC(=O)OC(C)(C)C. The average molecular weight is 366 g/mol. The smallest absolute Gasteiger partial charge is 0.421 e. The minimum absolute atomic E-state index is 0.129. The van der Waals surface area contributed by atoms with Crippen LogP contribution < -0.4 is 9.46 Å². The number of hydrogen-bond acceptors (Lipinski definition) is 5. The largest absolute Gasteiger partial charge is 0.495 e. The molecule has 0 aromatic heterocycles. The van der Waals surface area contributed by atoms with E-state index in [0.29, 0.717) is 4.47 Å². The van der Waals surface area contributed by atoms with Gasteiger partial charge in [0.1, 0.15) is 16.2 Å². The highest BCUT2D eigenvalue weighted by Gasteiger charge is 2.25. The molecule has 0 heterocycles. The molecular weight excluding hydrogens is 350 g/mol. The highest BCUT2D eigenvalue weighted by molar-refractivity contribution is 9.10. The minimum atomic E-state index is -4.08. The van der Waals surface area contributed by atoms with Gasteiger partial charge in [0.15, 0.2) is 0 Å². The summed E-state index contributed by atoms with van der Waals surface area (Å²) in [6.07, 6.45) is -1.04. The summed E-state index contributed by atoms with van der Waals surface area (Å²) in [4.78, 5) is 11.4. The van der Waals surface area contributed by atoms with Crippen LogP contribution in [0.15, 0.2) is 27.6 Å². The Hall–Kier alpha value is -1.28. The molecule has 0 fully saturated rings. The van der Waals surface area contributed by atoms with Gasteiger partial charge in [0.25, 0.3) is 10.0 Å². The molecule has 1 aromatic rings. The molecule has 0 radical (unpaired) electrons. The molecule has 20 heavy (non-hydrogen) atoms. The first kappa shape index (κ1) is 16.8. The molecule has 0 aliphatic carbocycles. The molecule has 1 rings (SSSR count). The molecule has 0 aliphatic heterocycles. The number of sulfonamides is 1. The molecule has 0 bridgehead atoms. The van der Waals surface area contributed by atoms with Crippen molar-refractivity contribution >= 4 is 32.0 Å². The van der Waals surface area contributed by atoms with Crippen molar-refractivity contribution in [3.8, 4) is 5.75 Å². The van der Waals surface area contributed by atoms with Gasteiger partial charge < -0.3 is 9.47 Å². The van der Waals surface area contributed by atoms with Crippen molar-refractivity contribution in [1.29, 1.82) is 0 Å². The molecule has 1 amide bonds. The molecule has 0 saturated carbocycles. The number of nitrogens with one attached hydrogen (secondary N) is 1. The van der Waals surface area contributed by atoms with Crippen molar-refractivity contribution in [3.05, 3.63) is 22.7 Å². The summed E-state index contributed by atoms with van der Waals surface area (Å²) in [5, 5.41) is 0. The lowest BCUT2D eigenvalue weighted by molar-refractivity contribution is 0.0570. The van der Waals surface area contributed by atoms with Crippen LogP contribution in [0.4, 0.5) is 4.79 Å². The molecular formula is C12H16BrNO5S. The van der Waals surface area contributed by atoms with Crippen LogP contribution in [-0.4, -0.2) is 27.2 Å². The molecule has 0 spiro atoms. The van der Waals surface area contributed by atoms with Crippen molar-refractivity contribution in [3.63, 3.8) is 0 Å². The Kier molecular flexibility index (Phi) is 5.04. The molecule has 1 N–H and O–H groups in total. The average Bonchev–Trinajstić information content (AvgIpc) is 2.25. The maximum atomic E-state index is 12.1. The van der Waals surface area contributed by atoms with Crippen molar-refractivity contribution in [2.45, 2.75) is 31.3 Å². The number of rotatable bonds is 3. The van der Waals surface area contributed by atoms with Crippen molar-refractivity contribution < 1.29 is 22.7 Å². The van der Waals surface area contributed by atoms with Gasteiger partial charge in [-0.1, -0.05) is 15.9 Å². The van der Waals surface area contributed by atoms with E-state index in [1.807, 2.05) is 4.72 Å². The van der Waals surface area contributed by atoms with E-state index in [4.69, 9.17) is 9.47 Å². The lowest BCUT2D eigenvalue weighted by Gasteiger charge is -2.20. The van der Waals surface area contributed by atoms with Gasteiger partial charge in [-0.15, -0.1) is 0 Å². The van der Waals surface area contributed by atoms with E-state index < -0.39 is 21.7 Å². The van der Waals surface area contributed by atoms with Crippen LogP contribution in [0.2, 0.25) is 0 Å². The maximum Gasteiger partial charge on any atom is 0.421 e. The first-order valence-electron chi connectivity index (χ1n) is 5.64. The Morgan fingerprint density at radius 2 is 1.90 bits per heavy atom. The third-order valence-corrected chi connectivity index (χ3v) is 3.86. The molecule has 6 nitrogen and oxygen atoms in total. The van der Waals surface area contributed by atoms with Gasteiger partial charge in [0.05, 0.1) is 7.11 Å². The summed E-state index contributed by atoms with van der Waals surface area (Å²) >= 11 is 3.17. The summed E-state index contributed by atoms with van der Waals surface area (Å²) in [5.74, 6) is 0.129. The van der Waals surface area contributed by atoms with Crippen LogP contribution in [0.5, 0.6) is 5.75 Å². The number of halogens is 1. The Morgan fingerprint density at radius 1 is 1.30 bits per heavy atom. The zero-order valence-electron chi connectivity index (χ0n) is 11.6. The highest BCUT2D eigenvalue weighted by atomic mass is 79.9. The topological polar surface area (TPSA) is 81.7 Å². The fourth-order valence-electron chi connectivity index (χ4n) is 1.32. The fraction of sp³-hybridized carbons (Fsp3) is 0.417. The number of benzene rings is 1.